The summed E-state index contributed by atoms with van der Waals surface area (Å²) in [5.41, 5.74) is 2.43. The van der Waals surface area contributed by atoms with Gasteiger partial charge in [0.15, 0.2) is 0 Å². The van der Waals surface area contributed by atoms with E-state index in [1.54, 1.807) is 36.3 Å². The molecule has 0 saturated heterocycles. The van der Waals surface area contributed by atoms with Gasteiger partial charge in [-0.05, 0) is 51.3 Å². The Labute approximate surface area is 185 Å². The molecular formula is C23H26N4O3S. The third-order valence-electron chi connectivity index (χ3n) is 5.48. The SMILES string of the molecule is CCN(CC(=O)Nc1cccc(OC)c1)C(=O)c1sc2nc(C3CC3)nc(C)c2c1C. The summed E-state index contributed by atoms with van der Waals surface area (Å²) in [6.07, 6.45) is 2.26. The fraction of sp³-hybridized carbons (Fsp3) is 0.391. The van der Waals surface area contributed by atoms with E-state index < -0.39 is 0 Å². The highest BCUT2D eigenvalue weighted by atomic mass is 32.1. The van der Waals surface area contributed by atoms with Crippen LogP contribution in [0.5, 0.6) is 5.75 Å². The van der Waals surface area contributed by atoms with E-state index in [0.717, 1.165) is 40.1 Å². The van der Waals surface area contributed by atoms with Crippen molar-refractivity contribution in [1.29, 1.82) is 0 Å². The standard InChI is InChI=1S/C23H26N4O3S/c1-5-27(12-18(28)25-16-7-6-8-17(11-16)30-4)23(29)20-13(2)19-14(3)24-21(15-9-10-15)26-22(19)31-20/h6-8,11,15H,5,9-10,12H2,1-4H3,(H,25,28). The van der Waals surface area contributed by atoms with E-state index in [1.165, 1.54) is 11.3 Å². The molecule has 162 valence electrons. The van der Waals surface area contributed by atoms with Gasteiger partial charge in [0, 0.05) is 29.6 Å². The number of fused-ring (bicyclic) bond motifs is 1. The number of aryl methyl sites for hydroxylation is 2. The number of nitrogens with one attached hydrogen (secondary N) is 1. The van der Waals surface area contributed by atoms with Crippen molar-refractivity contribution in [3.8, 4) is 5.75 Å². The van der Waals surface area contributed by atoms with Gasteiger partial charge < -0.3 is 15.0 Å². The average Bonchev–Trinajstić information content (AvgIpc) is 3.55. The third kappa shape index (κ3) is 4.39. The van der Waals surface area contributed by atoms with Crippen LogP contribution in [0.25, 0.3) is 10.2 Å². The van der Waals surface area contributed by atoms with Crippen molar-refractivity contribution < 1.29 is 14.3 Å². The molecule has 4 rings (SSSR count). The molecule has 1 aliphatic rings. The number of rotatable bonds is 7. The summed E-state index contributed by atoms with van der Waals surface area (Å²) in [6.45, 7) is 6.18. The number of benzene rings is 1. The predicted octanol–water partition coefficient (Wildman–Crippen LogP) is 4.29. The van der Waals surface area contributed by atoms with Gasteiger partial charge in [0.1, 0.15) is 22.9 Å². The first-order chi connectivity index (χ1) is 14.9. The van der Waals surface area contributed by atoms with E-state index in [-0.39, 0.29) is 18.4 Å². The molecule has 8 heteroatoms. The molecule has 0 radical (unpaired) electrons. The number of nitrogens with zero attached hydrogens (tertiary/aromatic N) is 3. The monoisotopic (exact) mass is 438 g/mol. The number of anilines is 1. The maximum atomic E-state index is 13.3. The lowest BCUT2D eigenvalue weighted by Gasteiger charge is -2.20. The van der Waals surface area contributed by atoms with Crippen LogP contribution in [0.1, 0.15) is 52.4 Å². The second kappa shape index (κ2) is 8.63. The van der Waals surface area contributed by atoms with Gasteiger partial charge in [0.25, 0.3) is 5.91 Å². The van der Waals surface area contributed by atoms with Crippen LogP contribution in [-0.2, 0) is 4.79 Å². The van der Waals surface area contributed by atoms with Crippen LogP contribution >= 0.6 is 11.3 Å². The molecule has 2 aromatic heterocycles. The fourth-order valence-corrected chi connectivity index (χ4v) is 4.84. The smallest absolute Gasteiger partial charge is 0.264 e. The zero-order valence-corrected chi connectivity index (χ0v) is 19.0. The Morgan fingerprint density at radius 1 is 1.26 bits per heavy atom. The van der Waals surface area contributed by atoms with Crippen LogP contribution in [0, 0.1) is 13.8 Å². The van der Waals surface area contributed by atoms with Gasteiger partial charge in [-0.1, -0.05) is 6.07 Å². The van der Waals surface area contributed by atoms with Gasteiger partial charge in [-0.2, -0.15) is 0 Å². The first-order valence-corrected chi connectivity index (χ1v) is 11.2. The van der Waals surface area contributed by atoms with E-state index in [4.69, 9.17) is 9.72 Å². The van der Waals surface area contributed by atoms with Gasteiger partial charge in [-0.15, -0.1) is 11.3 Å². The molecule has 0 bridgehead atoms. The lowest BCUT2D eigenvalue weighted by atomic mass is 10.1. The van der Waals surface area contributed by atoms with Gasteiger partial charge in [0.2, 0.25) is 5.91 Å². The first kappa shape index (κ1) is 21.2. The highest BCUT2D eigenvalue weighted by Crippen LogP contribution is 2.40. The van der Waals surface area contributed by atoms with Crippen LogP contribution < -0.4 is 10.1 Å². The number of ether oxygens (including phenoxy) is 1. The zero-order chi connectivity index (χ0) is 22.1. The Hall–Kier alpha value is -3.00. The molecule has 1 saturated carbocycles. The number of carbonyl (C=O) groups is 2. The molecule has 2 heterocycles. The zero-order valence-electron chi connectivity index (χ0n) is 18.2. The molecule has 7 nitrogen and oxygen atoms in total. The van der Waals surface area contributed by atoms with Crippen molar-refractivity contribution in [3.63, 3.8) is 0 Å². The minimum absolute atomic E-state index is 0.0296. The molecule has 0 aliphatic heterocycles. The van der Waals surface area contributed by atoms with Gasteiger partial charge >= 0.3 is 0 Å². The molecule has 1 fully saturated rings. The number of amides is 2. The number of thiophene rings is 1. The third-order valence-corrected chi connectivity index (χ3v) is 6.66. The van der Waals surface area contributed by atoms with Crippen molar-refractivity contribution in [2.75, 3.05) is 25.5 Å². The lowest BCUT2D eigenvalue weighted by Crippen LogP contribution is -2.37. The molecule has 0 spiro atoms. The van der Waals surface area contributed by atoms with E-state index in [2.05, 4.69) is 10.3 Å². The predicted molar refractivity (Wildman–Crippen MR) is 122 cm³/mol. The summed E-state index contributed by atoms with van der Waals surface area (Å²) >= 11 is 1.39. The summed E-state index contributed by atoms with van der Waals surface area (Å²) in [5.74, 6) is 1.59. The second-order valence-corrected chi connectivity index (χ2v) is 8.78. The first-order valence-electron chi connectivity index (χ1n) is 10.4. The van der Waals surface area contributed by atoms with Crippen molar-refractivity contribution in [2.24, 2.45) is 0 Å². The summed E-state index contributed by atoms with van der Waals surface area (Å²) in [6, 6.07) is 7.14. The molecule has 0 unspecified atom stereocenters. The van der Waals surface area contributed by atoms with E-state index in [1.807, 2.05) is 20.8 Å². The highest BCUT2D eigenvalue weighted by Gasteiger charge is 2.29. The Balaban J connectivity index is 1.54. The molecule has 1 aliphatic carbocycles. The van der Waals surface area contributed by atoms with Crippen LogP contribution in [0.2, 0.25) is 0 Å². The minimum atomic E-state index is -0.255. The van der Waals surface area contributed by atoms with Crippen LogP contribution in [-0.4, -0.2) is 46.9 Å². The summed E-state index contributed by atoms with van der Waals surface area (Å²) in [7, 11) is 1.57. The average molecular weight is 439 g/mol. The maximum absolute atomic E-state index is 13.3. The second-order valence-electron chi connectivity index (χ2n) is 7.78. The quantitative estimate of drug-likeness (QED) is 0.595. The van der Waals surface area contributed by atoms with E-state index in [9.17, 15) is 9.59 Å². The van der Waals surface area contributed by atoms with Gasteiger partial charge in [-0.3, -0.25) is 9.59 Å². The molecule has 0 atom stereocenters. The largest absolute Gasteiger partial charge is 0.497 e. The minimum Gasteiger partial charge on any atom is -0.497 e. The van der Waals surface area contributed by atoms with Crippen LogP contribution in [0.4, 0.5) is 5.69 Å². The number of aromatic nitrogens is 2. The topological polar surface area (TPSA) is 84.4 Å². The molecule has 3 aromatic rings. The number of likely N-dealkylation sites (N-methyl/N-ethyl adjacent to an activating group) is 1. The summed E-state index contributed by atoms with van der Waals surface area (Å²) < 4.78 is 5.19. The Morgan fingerprint density at radius 2 is 2.03 bits per heavy atom. The van der Waals surface area contributed by atoms with Gasteiger partial charge in [-0.25, -0.2) is 9.97 Å². The molecular weight excluding hydrogens is 412 g/mol. The van der Waals surface area contributed by atoms with Crippen molar-refractivity contribution >= 4 is 39.1 Å². The number of hydrogen-bond acceptors (Lipinski definition) is 6. The van der Waals surface area contributed by atoms with Gasteiger partial charge in [0.05, 0.1) is 17.7 Å². The number of hydrogen-bond donors (Lipinski definition) is 1. The maximum Gasteiger partial charge on any atom is 0.264 e. The molecule has 1 aromatic carbocycles. The number of carbonyl (C=O) groups excluding carboxylic acids is 2. The van der Waals surface area contributed by atoms with Crippen molar-refractivity contribution in [3.05, 3.63) is 46.2 Å². The summed E-state index contributed by atoms with van der Waals surface area (Å²) in [4.78, 5) is 38.3. The van der Waals surface area contributed by atoms with E-state index in [0.29, 0.717) is 28.8 Å². The Kier molecular flexibility index (Phi) is 5.91. The van der Waals surface area contributed by atoms with Crippen molar-refractivity contribution in [1.82, 2.24) is 14.9 Å². The van der Waals surface area contributed by atoms with Crippen LogP contribution in [0.15, 0.2) is 24.3 Å². The van der Waals surface area contributed by atoms with E-state index >= 15 is 0 Å². The fourth-order valence-electron chi connectivity index (χ4n) is 3.63. The molecule has 2 amide bonds. The summed E-state index contributed by atoms with van der Waals surface area (Å²) in [5, 5.41) is 3.79. The molecule has 1 N–H and O–H groups in total. The number of methoxy groups -OCH3 is 1. The highest BCUT2D eigenvalue weighted by molar-refractivity contribution is 7.20. The normalized spacial score (nSPS) is 13.3. The Bertz CT molecular complexity index is 1150. The van der Waals surface area contributed by atoms with Crippen molar-refractivity contribution in [2.45, 2.75) is 39.5 Å². The van der Waals surface area contributed by atoms with Crippen LogP contribution in [0.3, 0.4) is 0 Å². The Morgan fingerprint density at radius 3 is 2.71 bits per heavy atom. The molecule has 31 heavy (non-hydrogen) atoms. The lowest BCUT2D eigenvalue weighted by molar-refractivity contribution is -0.116.